The van der Waals surface area contributed by atoms with Gasteiger partial charge in [0.1, 0.15) is 6.10 Å². The van der Waals surface area contributed by atoms with Gasteiger partial charge in [0.25, 0.3) is 0 Å². The van der Waals surface area contributed by atoms with E-state index in [0.717, 1.165) is 29.3 Å². The molecule has 1 aliphatic carbocycles. The molecule has 1 fully saturated rings. The number of hydrogen-bond donors (Lipinski definition) is 2. The monoisotopic (exact) mass is 406 g/mol. The van der Waals surface area contributed by atoms with Gasteiger partial charge < -0.3 is 15.4 Å². The average molecular weight is 407 g/mol. The SMILES string of the molecule is CC1=C(C(=O)O[C@@H]2CCC[C@H](C)C2)[C@@H](c2ccccc2Br)NC(=O)N1. The van der Waals surface area contributed by atoms with Crippen LogP contribution < -0.4 is 10.6 Å². The molecule has 3 atom stereocenters. The summed E-state index contributed by atoms with van der Waals surface area (Å²) in [5.74, 6) is 0.217. The quantitative estimate of drug-likeness (QED) is 0.739. The smallest absolute Gasteiger partial charge is 0.338 e. The van der Waals surface area contributed by atoms with E-state index in [1.165, 1.54) is 6.42 Å². The maximum atomic E-state index is 12.9. The van der Waals surface area contributed by atoms with Crippen LogP contribution >= 0.6 is 15.9 Å². The molecule has 0 spiro atoms. The van der Waals surface area contributed by atoms with Crippen LogP contribution in [0.5, 0.6) is 0 Å². The van der Waals surface area contributed by atoms with Gasteiger partial charge in [-0.25, -0.2) is 9.59 Å². The number of urea groups is 1. The van der Waals surface area contributed by atoms with E-state index in [0.29, 0.717) is 17.2 Å². The number of rotatable bonds is 3. The highest BCUT2D eigenvalue weighted by Gasteiger charge is 2.34. The van der Waals surface area contributed by atoms with Crippen molar-refractivity contribution in [2.45, 2.75) is 51.7 Å². The van der Waals surface area contributed by atoms with Crippen LogP contribution in [0.1, 0.15) is 51.1 Å². The van der Waals surface area contributed by atoms with Crippen molar-refractivity contribution in [1.82, 2.24) is 10.6 Å². The Kier molecular flexibility index (Phi) is 5.47. The molecule has 0 saturated heterocycles. The zero-order chi connectivity index (χ0) is 18.0. The van der Waals surface area contributed by atoms with Crippen LogP contribution in [-0.2, 0) is 9.53 Å². The molecule has 1 heterocycles. The van der Waals surface area contributed by atoms with Gasteiger partial charge in [-0.2, -0.15) is 0 Å². The van der Waals surface area contributed by atoms with Crippen molar-refractivity contribution < 1.29 is 14.3 Å². The first-order valence-corrected chi connectivity index (χ1v) is 9.48. The largest absolute Gasteiger partial charge is 0.459 e. The second-order valence-corrected chi connectivity index (χ2v) is 7.75. The van der Waals surface area contributed by atoms with Crippen LogP contribution in [0.2, 0.25) is 0 Å². The number of esters is 1. The normalized spacial score (nSPS) is 26.7. The second kappa shape index (κ2) is 7.60. The molecule has 1 aromatic carbocycles. The van der Waals surface area contributed by atoms with E-state index < -0.39 is 6.04 Å². The fraction of sp³-hybridized carbons (Fsp3) is 0.474. The third-order valence-corrected chi connectivity index (χ3v) is 5.59. The molecule has 1 aliphatic heterocycles. The van der Waals surface area contributed by atoms with Crippen molar-refractivity contribution >= 4 is 27.9 Å². The highest BCUT2D eigenvalue weighted by molar-refractivity contribution is 9.10. The Balaban J connectivity index is 1.87. The van der Waals surface area contributed by atoms with Crippen LogP contribution in [0.15, 0.2) is 40.0 Å². The molecule has 1 saturated carbocycles. The molecule has 0 radical (unpaired) electrons. The summed E-state index contributed by atoms with van der Waals surface area (Å²) >= 11 is 3.51. The molecular formula is C19H23BrN2O3. The molecule has 0 aromatic heterocycles. The number of halogens is 1. The lowest BCUT2D eigenvalue weighted by Gasteiger charge is -2.31. The Morgan fingerprint density at radius 3 is 2.76 bits per heavy atom. The Hall–Kier alpha value is -1.82. The molecule has 0 bridgehead atoms. The first-order chi connectivity index (χ1) is 12.0. The molecule has 2 N–H and O–H groups in total. The van der Waals surface area contributed by atoms with Crippen molar-refractivity contribution in [3.8, 4) is 0 Å². The molecule has 134 valence electrons. The van der Waals surface area contributed by atoms with E-state index >= 15 is 0 Å². The number of allylic oxidation sites excluding steroid dienone is 1. The Morgan fingerprint density at radius 2 is 2.04 bits per heavy atom. The number of benzene rings is 1. The lowest BCUT2D eigenvalue weighted by molar-refractivity contribution is -0.146. The fourth-order valence-corrected chi connectivity index (χ4v) is 4.12. The van der Waals surface area contributed by atoms with Gasteiger partial charge in [-0.15, -0.1) is 0 Å². The van der Waals surface area contributed by atoms with Gasteiger partial charge in [-0.3, -0.25) is 0 Å². The minimum Gasteiger partial charge on any atom is -0.459 e. The molecule has 6 heteroatoms. The summed E-state index contributed by atoms with van der Waals surface area (Å²) in [6, 6.07) is 6.72. The summed E-state index contributed by atoms with van der Waals surface area (Å²) in [5.41, 5.74) is 1.84. The van der Waals surface area contributed by atoms with E-state index in [-0.39, 0.29) is 18.1 Å². The van der Waals surface area contributed by atoms with Gasteiger partial charge in [0.2, 0.25) is 0 Å². The van der Waals surface area contributed by atoms with Crippen LogP contribution in [-0.4, -0.2) is 18.1 Å². The zero-order valence-corrected chi connectivity index (χ0v) is 16.1. The summed E-state index contributed by atoms with van der Waals surface area (Å²) in [7, 11) is 0. The minimum atomic E-state index is -0.530. The topological polar surface area (TPSA) is 67.4 Å². The van der Waals surface area contributed by atoms with Gasteiger partial charge in [0.05, 0.1) is 11.6 Å². The lowest BCUT2D eigenvalue weighted by Crippen LogP contribution is -2.45. The second-order valence-electron chi connectivity index (χ2n) is 6.89. The molecule has 1 aromatic rings. The van der Waals surface area contributed by atoms with Gasteiger partial charge in [-0.1, -0.05) is 47.5 Å². The van der Waals surface area contributed by atoms with Crippen LogP contribution in [0, 0.1) is 5.92 Å². The van der Waals surface area contributed by atoms with Crippen molar-refractivity contribution in [1.29, 1.82) is 0 Å². The van der Waals surface area contributed by atoms with E-state index in [9.17, 15) is 9.59 Å². The van der Waals surface area contributed by atoms with Crippen molar-refractivity contribution in [2.75, 3.05) is 0 Å². The standard InChI is InChI=1S/C19H23BrN2O3/c1-11-6-5-7-13(10-11)25-18(23)16-12(2)21-19(24)22-17(16)14-8-3-4-9-15(14)20/h3-4,8-9,11,13,17H,5-7,10H2,1-2H3,(H2,21,22,24)/t11-,13+,17+/m0/s1. The number of nitrogens with one attached hydrogen (secondary N) is 2. The highest BCUT2D eigenvalue weighted by atomic mass is 79.9. The number of carbonyl (C=O) groups excluding carboxylic acids is 2. The van der Waals surface area contributed by atoms with Crippen LogP contribution in [0.25, 0.3) is 0 Å². The maximum absolute atomic E-state index is 12.9. The maximum Gasteiger partial charge on any atom is 0.338 e. The predicted octanol–water partition coefficient (Wildman–Crippen LogP) is 4.20. The fourth-order valence-electron chi connectivity index (χ4n) is 3.61. The first kappa shape index (κ1) is 18.0. The number of carbonyl (C=O) groups is 2. The van der Waals surface area contributed by atoms with E-state index in [4.69, 9.17) is 4.74 Å². The van der Waals surface area contributed by atoms with E-state index in [1.807, 2.05) is 24.3 Å². The molecule has 5 nitrogen and oxygen atoms in total. The summed E-state index contributed by atoms with van der Waals surface area (Å²) in [5, 5.41) is 5.53. The third-order valence-electron chi connectivity index (χ3n) is 4.87. The average Bonchev–Trinajstić information content (AvgIpc) is 2.54. The van der Waals surface area contributed by atoms with Gasteiger partial charge >= 0.3 is 12.0 Å². The molecular weight excluding hydrogens is 384 g/mol. The predicted molar refractivity (Wildman–Crippen MR) is 98.8 cm³/mol. The van der Waals surface area contributed by atoms with Crippen molar-refractivity contribution in [3.05, 3.63) is 45.6 Å². The number of hydrogen-bond acceptors (Lipinski definition) is 3. The van der Waals surface area contributed by atoms with Gasteiger partial charge in [0, 0.05) is 10.2 Å². The summed E-state index contributed by atoms with van der Waals surface area (Å²) in [6.45, 7) is 3.93. The van der Waals surface area contributed by atoms with Crippen molar-refractivity contribution in [2.24, 2.45) is 5.92 Å². The van der Waals surface area contributed by atoms with Crippen molar-refractivity contribution in [3.63, 3.8) is 0 Å². The third kappa shape index (κ3) is 4.06. The Labute approximate surface area is 156 Å². The first-order valence-electron chi connectivity index (χ1n) is 8.69. The molecule has 2 amide bonds. The van der Waals surface area contributed by atoms with E-state index in [2.05, 4.69) is 33.5 Å². The molecule has 2 aliphatic rings. The Morgan fingerprint density at radius 1 is 1.28 bits per heavy atom. The Bertz CT molecular complexity index is 716. The van der Waals surface area contributed by atoms with Gasteiger partial charge in [-0.05, 0) is 43.7 Å². The molecule has 25 heavy (non-hydrogen) atoms. The lowest BCUT2D eigenvalue weighted by atomic mass is 9.88. The highest BCUT2D eigenvalue weighted by Crippen LogP contribution is 2.33. The van der Waals surface area contributed by atoms with E-state index in [1.54, 1.807) is 6.92 Å². The minimum absolute atomic E-state index is 0.0472. The van der Waals surface area contributed by atoms with Crippen LogP contribution in [0.3, 0.4) is 0 Å². The van der Waals surface area contributed by atoms with Gasteiger partial charge in [0.15, 0.2) is 0 Å². The molecule has 0 unspecified atom stereocenters. The molecule has 3 rings (SSSR count). The van der Waals surface area contributed by atoms with Crippen LogP contribution in [0.4, 0.5) is 4.79 Å². The number of ether oxygens (including phenoxy) is 1. The number of amides is 2. The summed E-state index contributed by atoms with van der Waals surface area (Å²) in [6.07, 6.45) is 4.03. The summed E-state index contributed by atoms with van der Waals surface area (Å²) in [4.78, 5) is 24.8. The zero-order valence-electron chi connectivity index (χ0n) is 14.5. The summed E-state index contributed by atoms with van der Waals surface area (Å²) < 4.78 is 6.63.